The van der Waals surface area contributed by atoms with Crippen molar-refractivity contribution in [3.63, 3.8) is 0 Å². The largest absolute Gasteiger partial charge is 0.465 e. The molecule has 3 aromatic rings. The molecule has 27 heavy (non-hydrogen) atoms. The average molecular weight is 381 g/mol. The zero-order valence-corrected chi connectivity index (χ0v) is 13.4. The highest BCUT2D eigenvalue weighted by atomic mass is 19.4. The quantitative estimate of drug-likeness (QED) is 0.520. The van der Waals surface area contributed by atoms with Gasteiger partial charge in [0.1, 0.15) is 16.9 Å². The highest BCUT2D eigenvalue weighted by molar-refractivity contribution is 6.03. The molecule has 0 saturated carbocycles. The van der Waals surface area contributed by atoms with E-state index in [-0.39, 0.29) is 11.1 Å². The van der Waals surface area contributed by atoms with Crippen molar-refractivity contribution in [2.45, 2.75) is 6.18 Å². The van der Waals surface area contributed by atoms with E-state index in [9.17, 15) is 22.8 Å². The Morgan fingerprint density at radius 2 is 1.85 bits per heavy atom. The van der Waals surface area contributed by atoms with Crippen LogP contribution < -0.4 is 17.0 Å². The van der Waals surface area contributed by atoms with Crippen LogP contribution in [-0.2, 0) is 10.9 Å². The molecule has 0 aliphatic carbocycles. The van der Waals surface area contributed by atoms with Crippen molar-refractivity contribution < 1.29 is 26.8 Å². The van der Waals surface area contributed by atoms with Crippen LogP contribution in [0.4, 0.5) is 24.5 Å². The number of carbonyl (C=O) groups is 1. The van der Waals surface area contributed by atoms with Gasteiger partial charge in [-0.05, 0) is 36.4 Å². The fraction of sp³-hybridized carbons (Fsp3) is 0.118. The number of carbonyl (C=O) groups excluding carboxylic acids is 1. The van der Waals surface area contributed by atoms with Crippen molar-refractivity contribution in [2.75, 3.05) is 18.5 Å². The molecule has 0 radical (unpaired) electrons. The molecule has 0 fully saturated rings. The molecule has 140 valence electrons. The molecule has 0 saturated heterocycles. The molecule has 0 amide bonds. The molecule has 4 N–H and O–H groups in total. The van der Waals surface area contributed by atoms with Crippen LogP contribution in [0.2, 0.25) is 0 Å². The summed E-state index contributed by atoms with van der Waals surface area (Å²) in [7, 11) is -3.17. The van der Waals surface area contributed by atoms with Crippen molar-refractivity contribution in [1.29, 1.82) is 0 Å². The van der Waals surface area contributed by atoms with Crippen molar-refractivity contribution in [2.24, 2.45) is 0 Å². The SMILES string of the molecule is [2H]C([2H])([2H])OC(=O)c1c(N)c2ccc(C(F)(F)F)nc2n(-c2ccc(N)cc2)c1=O. The molecule has 10 heteroatoms. The monoisotopic (exact) mass is 381 g/mol. The number of nitrogen functional groups attached to an aromatic ring is 2. The maximum atomic E-state index is 13.2. The summed E-state index contributed by atoms with van der Waals surface area (Å²) in [6.07, 6.45) is -4.82. The molecule has 1 aromatic carbocycles. The number of hydrogen-bond acceptors (Lipinski definition) is 6. The zero-order valence-electron chi connectivity index (χ0n) is 16.4. The predicted octanol–water partition coefficient (Wildman–Crippen LogP) is 2.36. The van der Waals surface area contributed by atoms with Gasteiger partial charge in [-0.2, -0.15) is 13.2 Å². The average Bonchev–Trinajstić information content (AvgIpc) is 2.60. The Kier molecular flexibility index (Phi) is 3.41. The summed E-state index contributed by atoms with van der Waals surface area (Å²) in [4.78, 5) is 28.8. The number of rotatable bonds is 2. The van der Waals surface area contributed by atoms with E-state index in [2.05, 4.69) is 9.72 Å². The number of nitrogens with zero attached hydrogens (tertiary/aromatic N) is 2. The summed E-state index contributed by atoms with van der Waals surface area (Å²) in [6, 6.07) is 6.92. The van der Waals surface area contributed by atoms with Gasteiger partial charge in [0.25, 0.3) is 5.56 Å². The van der Waals surface area contributed by atoms with Gasteiger partial charge in [0.2, 0.25) is 0 Å². The van der Waals surface area contributed by atoms with E-state index in [1.165, 1.54) is 24.3 Å². The van der Waals surface area contributed by atoms with E-state index in [4.69, 9.17) is 15.6 Å². The molecule has 0 aliphatic heterocycles. The highest BCUT2D eigenvalue weighted by Crippen LogP contribution is 2.31. The summed E-state index contributed by atoms with van der Waals surface area (Å²) in [5.74, 6) is -1.55. The van der Waals surface area contributed by atoms with Crippen molar-refractivity contribution in [3.05, 3.63) is 58.0 Å². The molecule has 0 aliphatic rings. The second-order valence-corrected chi connectivity index (χ2v) is 5.48. The molecular formula is C17H13F3N4O3. The smallest absolute Gasteiger partial charge is 0.433 e. The standard InChI is InChI=1S/C17H13F3N4O3/c1-27-16(26)12-13(22)10-6-7-11(17(18,19)20)23-14(10)24(15(12)25)9-4-2-8(21)3-5-9/h2-7H,21-22H2,1H3/i1D3. The summed E-state index contributed by atoms with van der Waals surface area (Å²) < 4.78 is 65.6. The third-order valence-corrected chi connectivity index (χ3v) is 3.80. The van der Waals surface area contributed by atoms with Gasteiger partial charge < -0.3 is 16.2 Å². The number of halogens is 3. The van der Waals surface area contributed by atoms with Crippen LogP contribution in [0.5, 0.6) is 0 Å². The fourth-order valence-corrected chi connectivity index (χ4v) is 2.56. The van der Waals surface area contributed by atoms with Gasteiger partial charge >= 0.3 is 12.1 Å². The molecule has 0 atom stereocenters. The van der Waals surface area contributed by atoms with Crippen LogP contribution in [0.15, 0.2) is 41.2 Å². The molecule has 2 aromatic heterocycles. The lowest BCUT2D eigenvalue weighted by Gasteiger charge is -2.16. The van der Waals surface area contributed by atoms with Gasteiger partial charge in [-0.15, -0.1) is 0 Å². The van der Waals surface area contributed by atoms with E-state index in [0.717, 1.165) is 6.07 Å². The van der Waals surface area contributed by atoms with Crippen molar-refractivity contribution in [3.8, 4) is 5.69 Å². The minimum Gasteiger partial charge on any atom is -0.465 e. The van der Waals surface area contributed by atoms with E-state index in [1.807, 2.05) is 0 Å². The van der Waals surface area contributed by atoms with E-state index < -0.39 is 47.3 Å². The second kappa shape index (κ2) is 6.31. The lowest BCUT2D eigenvalue weighted by Crippen LogP contribution is -2.29. The van der Waals surface area contributed by atoms with Crippen molar-refractivity contribution in [1.82, 2.24) is 9.55 Å². The van der Waals surface area contributed by atoms with Gasteiger partial charge in [-0.1, -0.05) is 0 Å². The van der Waals surface area contributed by atoms with Gasteiger partial charge in [0.05, 0.1) is 22.5 Å². The molecule has 0 spiro atoms. The number of hydrogen-bond donors (Lipinski definition) is 2. The number of nitrogens with two attached hydrogens (primary N) is 2. The first-order valence-electron chi connectivity index (χ1n) is 8.81. The summed E-state index contributed by atoms with van der Waals surface area (Å²) in [5.41, 5.74) is 7.37. The Hall–Kier alpha value is -3.56. The Bertz CT molecular complexity index is 1210. The number of benzene rings is 1. The number of esters is 1. The lowest BCUT2D eigenvalue weighted by molar-refractivity contribution is -0.141. The zero-order chi connectivity index (χ0) is 22.4. The van der Waals surface area contributed by atoms with Gasteiger partial charge in [-0.25, -0.2) is 9.78 Å². The van der Waals surface area contributed by atoms with Crippen LogP contribution in [-0.4, -0.2) is 22.6 Å². The summed E-state index contributed by atoms with van der Waals surface area (Å²) in [5, 5.41) is -0.183. The number of methoxy groups -OCH3 is 1. The number of anilines is 2. The Balaban J connectivity index is 2.42. The summed E-state index contributed by atoms with van der Waals surface area (Å²) >= 11 is 0. The first-order valence-corrected chi connectivity index (χ1v) is 7.31. The van der Waals surface area contributed by atoms with Crippen LogP contribution in [0.1, 0.15) is 20.2 Å². The first-order chi connectivity index (χ1) is 13.8. The van der Waals surface area contributed by atoms with Crippen LogP contribution in [0.3, 0.4) is 0 Å². The van der Waals surface area contributed by atoms with Crippen LogP contribution in [0, 0.1) is 0 Å². The molecule has 0 bridgehead atoms. The first kappa shape index (κ1) is 14.6. The van der Waals surface area contributed by atoms with Gasteiger partial charge in [0.15, 0.2) is 0 Å². The van der Waals surface area contributed by atoms with Gasteiger partial charge in [0, 0.05) is 11.1 Å². The van der Waals surface area contributed by atoms with Crippen molar-refractivity contribution >= 4 is 28.4 Å². The summed E-state index contributed by atoms with van der Waals surface area (Å²) in [6.45, 7) is 0. The fourth-order valence-electron chi connectivity index (χ4n) is 2.56. The molecule has 2 heterocycles. The number of ether oxygens (including phenoxy) is 1. The number of fused-ring (bicyclic) bond motifs is 1. The lowest BCUT2D eigenvalue weighted by atomic mass is 10.1. The third-order valence-electron chi connectivity index (χ3n) is 3.80. The Morgan fingerprint density at radius 1 is 1.19 bits per heavy atom. The third kappa shape index (κ3) is 3.05. The molecule has 0 unspecified atom stereocenters. The second-order valence-electron chi connectivity index (χ2n) is 5.48. The highest BCUT2D eigenvalue weighted by Gasteiger charge is 2.33. The predicted molar refractivity (Wildman–Crippen MR) is 92.5 cm³/mol. The Labute approximate surface area is 154 Å². The molecular weight excluding hydrogens is 365 g/mol. The minimum absolute atomic E-state index is 0.0222. The van der Waals surface area contributed by atoms with E-state index in [0.29, 0.717) is 16.3 Å². The minimum atomic E-state index is -4.82. The maximum absolute atomic E-state index is 13.2. The molecule has 7 nitrogen and oxygen atoms in total. The van der Waals surface area contributed by atoms with Gasteiger partial charge in [-0.3, -0.25) is 9.36 Å². The van der Waals surface area contributed by atoms with E-state index >= 15 is 0 Å². The number of pyridine rings is 2. The normalized spacial score (nSPS) is 13.7. The molecule has 3 rings (SSSR count). The number of alkyl halides is 3. The van der Waals surface area contributed by atoms with Crippen LogP contribution in [0.25, 0.3) is 16.7 Å². The van der Waals surface area contributed by atoms with Crippen LogP contribution >= 0.6 is 0 Å². The number of aromatic nitrogens is 2. The topological polar surface area (TPSA) is 113 Å². The maximum Gasteiger partial charge on any atom is 0.433 e. The Morgan fingerprint density at radius 3 is 2.44 bits per heavy atom. The van der Waals surface area contributed by atoms with E-state index in [1.54, 1.807) is 0 Å².